The molecule has 20 heavy (non-hydrogen) atoms. The molecule has 0 fully saturated rings. The topological polar surface area (TPSA) is 76.2 Å². The van der Waals surface area contributed by atoms with Gasteiger partial charge in [0.15, 0.2) is 5.82 Å². The molecule has 0 aliphatic rings. The maximum Gasteiger partial charge on any atom is 0.313 e. The largest absolute Gasteiger partial charge is 0.481 e. The van der Waals surface area contributed by atoms with Crippen molar-refractivity contribution < 1.29 is 14.4 Å². The summed E-state index contributed by atoms with van der Waals surface area (Å²) in [7, 11) is 0. The minimum Gasteiger partial charge on any atom is -0.481 e. The molecule has 0 amide bonds. The van der Waals surface area contributed by atoms with Gasteiger partial charge in [0.2, 0.25) is 5.89 Å². The first-order valence-electron chi connectivity index (χ1n) is 5.63. The lowest BCUT2D eigenvalue weighted by Gasteiger charge is -2.00. The van der Waals surface area contributed by atoms with Crippen molar-refractivity contribution in [2.24, 2.45) is 0 Å². The summed E-state index contributed by atoms with van der Waals surface area (Å²) in [6.07, 6.45) is 0. The summed E-state index contributed by atoms with van der Waals surface area (Å²) >= 11 is 8.80. The zero-order valence-electron chi connectivity index (χ0n) is 10.3. The average Bonchev–Trinajstić information content (AvgIpc) is 2.85. The summed E-state index contributed by atoms with van der Waals surface area (Å²) in [5.41, 5.74) is 0. The van der Waals surface area contributed by atoms with Gasteiger partial charge in [-0.2, -0.15) is 4.98 Å². The Morgan fingerprint density at radius 3 is 2.90 bits per heavy atom. The Hall–Kier alpha value is -1.18. The van der Waals surface area contributed by atoms with Gasteiger partial charge in [0.25, 0.3) is 0 Å². The lowest BCUT2D eigenvalue weighted by atomic mass is 10.4. The van der Waals surface area contributed by atoms with Crippen LogP contribution in [0.1, 0.15) is 11.7 Å². The fourth-order valence-corrected chi connectivity index (χ4v) is 2.99. The van der Waals surface area contributed by atoms with Crippen LogP contribution in [0, 0.1) is 0 Å². The van der Waals surface area contributed by atoms with Crippen molar-refractivity contribution in [2.75, 3.05) is 5.75 Å². The van der Waals surface area contributed by atoms with Crippen LogP contribution in [0.15, 0.2) is 33.7 Å². The number of carboxylic acids is 1. The monoisotopic (exact) mass is 330 g/mol. The molecule has 0 aliphatic heterocycles. The number of thioether (sulfide) groups is 2. The van der Waals surface area contributed by atoms with Crippen molar-refractivity contribution in [3.05, 3.63) is 41.0 Å². The second-order valence-electron chi connectivity index (χ2n) is 3.71. The Balaban J connectivity index is 1.84. The molecule has 0 unspecified atom stereocenters. The van der Waals surface area contributed by atoms with Gasteiger partial charge in [-0.3, -0.25) is 4.79 Å². The highest BCUT2D eigenvalue weighted by Gasteiger charge is 2.09. The normalized spacial score (nSPS) is 10.7. The van der Waals surface area contributed by atoms with Crippen LogP contribution in [-0.4, -0.2) is 27.0 Å². The van der Waals surface area contributed by atoms with E-state index in [4.69, 9.17) is 21.2 Å². The molecule has 0 saturated heterocycles. The summed E-state index contributed by atoms with van der Waals surface area (Å²) < 4.78 is 5.04. The molecular formula is C12H11ClN2O3S2. The Labute approximate surface area is 129 Å². The summed E-state index contributed by atoms with van der Waals surface area (Å²) in [6, 6.07) is 7.54. The number of hydrogen-bond donors (Lipinski definition) is 1. The second-order valence-corrected chi connectivity index (χ2v) is 6.12. The highest BCUT2D eigenvalue weighted by molar-refractivity contribution is 7.99. The van der Waals surface area contributed by atoms with Gasteiger partial charge < -0.3 is 9.63 Å². The number of carboxylic acid groups (broad SMARTS) is 1. The SMILES string of the molecule is O=C(O)CSCc1nc(CSc2ccccc2Cl)no1. The molecule has 1 aromatic carbocycles. The van der Waals surface area contributed by atoms with E-state index in [1.165, 1.54) is 23.5 Å². The van der Waals surface area contributed by atoms with Crippen LogP contribution in [0.5, 0.6) is 0 Å². The first-order valence-corrected chi connectivity index (χ1v) is 8.15. The van der Waals surface area contributed by atoms with Crippen LogP contribution in [0.4, 0.5) is 0 Å². The Bertz CT molecular complexity index is 592. The maximum atomic E-state index is 10.4. The van der Waals surface area contributed by atoms with Gasteiger partial charge in [0.1, 0.15) is 0 Å². The van der Waals surface area contributed by atoms with E-state index in [1.54, 1.807) is 0 Å². The van der Waals surface area contributed by atoms with Crippen LogP contribution >= 0.6 is 35.1 Å². The minimum absolute atomic E-state index is 0.0199. The van der Waals surface area contributed by atoms with Crippen molar-refractivity contribution in [2.45, 2.75) is 16.4 Å². The fourth-order valence-electron chi connectivity index (χ4n) is 1.34. The molecule has 0 bridgehead atoms. The van der Waals surface area contributed by atoms with E-state index in [0.717, 1.165) is 4.90 Å². The zero-order valence-corrected chi connectivity index (χ0v) is 12.7. The van der Waals surface area contributed by atoms with Crippen molar-refractivity contribution in [1.82, 2.24) is 10.1 Å². The highest BCUT2D eigenvalue weighted by atomic mass is 35.5. The van der Waals surface area contributed by atoms with E-state index in [2.05, 4.69) is 10.1 Å². The third kappa shape index (κ3) is 4.73. The quantitative estimate of drug-likeness (QED) is 0.780. The van der Waals surface area contributed by atoms with Gasteiger partial charge in [-0.25, -0.2) is 0 Å². The average molecular weight is 331 g/mol. The number of rotatable bonds is 7. The van der Waals surface area contributed by atoms with Crippen LogP contribution in [-0.2, 0) is 16.3 Å². The molecule has 2 aromatic rings. The molecule has 0 spiro atoms. The maximum absolute atomic E-state index is 10.4. The Morgan fingerprint density at radius 2 is 2.15 bits per heavy atom. The molecule has 1 heterocycles. The van der Waals surface area contributed by atoms with Crippen molar-refractivity contribution in [3.8, 4) is 0 Å². The Kier molecular flexibility index (Phi) is 5.75. The van der Waals surface area contributed by atoms with Gasteiger partial charge in [0, 0.05) is 4.90 Å². The van der Waals surface area contributed by atoms with Gasteiger partial charge in [-0.05, 0) is 12.1 Å². The highest BCUT2D eigenvalue weighted by Crippen LogP contribution is 2.28. The van der Waals surface area contributed by atoms with Crippen LogP contribution in [0.25, 0.3) is 0 Å². The molecule has 2 rings (SSSR count). The van der Waals surface area contributed by atoms with Crippen LogP contribution in [0.2, 0.25) is 5.02 Å². The minimum atomic E-state index is -0.857. The van der Waals surface area contributed by atoms with E-state index in [1.807, 2.05) is 24.3 Å². The number of aliphatic carboxylic acids is 1. The first-order chi connectivity index (χ1) is 9.65. The molecule has 1 N–H and O–H groups in total. The summed E-state index contributed by atoms with van der Waals surface area (Å²) in [5.74, 6) is 1.12. The molecule has 106 valence electrons. The third-order valence-corrected chi connectivity index (χ3v) is 4.57. The lowest BCUT2D eigenvalue weighted by Crippen LogP contribution is -1.98. The number of aromatic nitrogens is 2. The number of carbonyl (C=O) groups is 1. The molecule has 0 radical (unpaired) electrons. The van der Waals surface area contributed by atoms with Crippen molar-refractivity contribution in [3.63, 3.8) is 0 Å². The molecule has 5 nitrogen and oxygen atoms in total. The summed E-state index contributed by atoms with van der Waals surface area (Å²) in [5, 5.41) is 13.1. The molecule has 8 heteroatoms. The van der Waals surface area contributed by atoms with Gasteiger partial charge >= 0.3 is 5.97 Å². The van der Waals surface area contributed by atoms with E-state index in [0.29, 0.717) is 28.2 Å². The number of nitrogens with zero attached hydrogens (tertiary/aromatic N) is 2. The number of benzene rings is 1. The van der Waals surface area contributed by atoms with E-state index < -0.39 is 5.97 Å². The predicted octanol–water partition coefficient (Wildman–Crippen LogP) is 3.33. The van der Waals surface area contributed by atoms with Crippen LogP contribution in [0.3, 0.4) is 0 Å². The predicted molar refractivity (Wildman–Crippen MR) is 79.1 cm³/mol. The van der Waals surface area contributed by atoms with E-state index >= 15 is 0 Å². The molecule has 0 aliphatic carbocycles. The van der Waals surface area contributed by atoms with Crippen molar-refractivity contribution in [1.29, 1.82) is 0 Å². The standard InChI is InChI=1S/C12H11ClN2O3S2/c13-8-3-1-2-4-9(8)20-5-10-14-11(18-15-10)6-19-7-12(16)17/h1-4H,5-7H2,(H,16,17). The van der Waals surface area contributed by atoms with E-state index in [9.17, 15) is 4.79 Å². The van der Waals surface area contributed by atoms with Gasteiger partial charge in [-0.15, -0.1) is 23.5 Å². The zero-order chi connectivity index (χ0) is 14.4. The molecular weight excluding hydrogens is 320 g/mol. The smallest absolute Gasteiger partial charge is 0.313 e. The molecule has 0 saturated carbocycles. The van der Waals surface area contributed by atoms with Crippen LogP contribution < -0.4 is 0 Å². The molecule has 0 atom stereocenters. The third-order valence-electron chi connectivity index (χ3n) is 2.15. The Morgan fingerprint density at radius 1 is 1.35 bits per heavy atom. The first kappa shape index (κ1) is 15.2. The van der Waals surface area contributed by atoms with Gasteiger partial charge in [0.05, 0.1) is 22.3 Å². The summed E-state index contributed by atoms with van der Waals surface area (Å²) in [6.45, 7) is 0. The lowest BCUT2D eigenvalue weighted by molar-refractivity contribution is -0.133. The second kappa shape index (κ2) is 7.56. The van der Waals surface area contributed by atoms with Gasteiger partial charge in [-0.1, -0.05) is 28.9 Å². The van der Waals surface area contributed by atoms with Crippen molar-refractivity contribution >= 4 is 41.1 Å². The molecule has 1 aromatic heterocycles. The summed E-state index contributed by atoms with van der Waals surface area (Å²) in [4.78, 5) is 15.5. The fraction of sp³-hybridized carbons (Fsp3) is 0.250. The number of hydrogen-bond acceptors (Lipinski definition) is 6. The van der Waals surface area contributed by atoms with E-state index in [-0.39, 0.29) is 5.75 Å². The number of halogens is 1.